The lowest BCUT2D eigenvalue weighted by Gasteiger charge is -2.39. The van der Waals surface area contributed by atoms with E-state index in [1.807, 2.05) is 49.4 Å². The minimum atomic E-state index is -1.44. The Bertz CT molecular complexity index is 1430. The van der Waals surface area contributed by atoms with Gasteiger partial charge in [0.25, 0.3) is 0 Å². The number of carbonyl (C=O) groups excluding carboxylic acids is 4. The molecule has 8 atom stereocenters. The quantitative estimate of drug-likeness (QED) is 0.319. The first-order valence-electron chi connectivity index (χ1n) is 17.0. The molecule has 5 heterocycles. The predicted octanol–water partition coefficient (Wildman–Crippen LogP) is 1.93. The molecule has 13 heteroatoms. The molecule has 2 N–H and O–H groups in total. The molecule has 5 aliphatic rings. The van der Waals surface area contributed by atoms with Gasteiger partial charge in [0.1, 0.15) is 29.8 Å². The van der Waals surface area contributed by atoms with Crippen molar-refractivity contribution < 1.29 is 38.5 Å². The molecule has 3 saturated heterocycles. The molecule has 0 unspecified atom stereocenters. The molecule has 0 radical (unpaired) electrons. The van der Waals surface area contributed by atoms with E-state index in [9.17, 15) is 24.3 Å². The van der Waals surface area contributed by atoms with Gasteiger partial charge in [-0.3, -0.25) is 24.1 Å². The second kappa shape index (κ2) is 14.8. The second-order valence-corrected chi connectivity index (χ2v) is 14.1. The Morgan fingerprint density at radius 3 is 2.50 bits per heavy atom. The molecule has 12 nitrogen and oxygen atoms in total. The highest BCUT2D eigenvalue weighted by Crippen LogP contribution is 2.59. The number of rotatable bonds is 7. The molecule has 6 rings (SSSR count). The van der Waals surface area contributed by atoms with Gasteiger partial charge in [-0.2, -0.15) is 0 Å². The maximum absolute atomic E-state index is 14.9. The van der Waals surface area contributed by atoms with E-state index in [0.29, 0.717) is 49.2 Å². The lowest BCUT2D eigenvalue weighted by atomic mass is 9.74. The molecule has 0 saturated carbocycles. The summed E-state index contributed by atoms with van der Waals surface area (Å²) in [5.74, 6) is -3.68. The second-order valence-electron chi connectivity index (χ2n) is 13.2. The van der Waals surface area contributed by atoms with Crippen molar-refractivity contribution in [3.8, 4) is 0 Å². The van der Waals surface area contributed by atoms with Crippen molar-refractivity contribution in [2.24, 2.45) is 11.8 Å². The maximum atomic E-state index is 14.9. The van der Waals surface area contributed by atoms with Gasteiger partial charge >= 0.3 is 5.97 Å². The number of benzene rings is 1. The van der Waals surface area contributed by atoms with Crippen LogP contribution in [0.3, 0.4) is 0 Å². The van der Waals surface area contributed by atoms with Crippen LogP contribution in [0.15, 0.2) is 53.0 Å². The van der Waals surface area contributed by atoms with Crippen molar-refractivity contribution in [1.82, 2.24) is 20.0 Å². The number of nitrogens with zero attached hydrogens (tertiary/aromatic N) is 3. The van der Waals surface area contributed by atoms with Crippen LogP contribution in [0, 0.1) is 11.8 Å². The highest BCUT2D eigenvalue weighted by Gasteiger charge is 2.75. The Morgan fingerprint density at radius 1 is 1.04 bits per heavy atom. The third-order valence-corrected chi connectivity index (χ3v) is 11.0. The zero-order chi connectivity index (χ0) is 34.0. The first-order valence-corrected chi connectivity index (χ1v) is 17.8. The number of morpholine rings is 1. The summed E-state index contributed by atoms with van der Waals surface area (Å²) in [6, 6.07) is 6.84. The van der Waals surface area contributed by atoms with Gasteiger partial charge in [-0.25, -0.2) is 0 Å². The van der Waals surface area contributed by atoms with Crippen molar-refractivity contribution in [2.75, 3.05) is 52.5 Å². The van der Waals surface area contributed by atoms with Gasteiger partial charge in [0.05, 0.1) is 37.8 Å². The minimum Gasteiger partial charge on any atom is -0.455 e. The number of halogens is 1. The number of hydrogen-bond donors (Lipinski definition) is 2. The molecule has 0 aliphatic carbocycles. The van der Waals surface area contributed by atoms with Gasteiger partial charge < -0.3 is 34.4 Å². The minimum absolute atomic E-state index is 0.193. The van der Waals surface area contributed by atoms with Crippen LogP contribution in [0.5, 0.6) is 0 Å². The predicted molar refractivity (Wildman–Crippen MR) is 178 cm³/mol. The van der Waals surface area contributed by atoms with Crippen LogP contribution in [0.4, 0.5) is 0 Å². The van der Waals surface area contributed by atoms with Crippen LogP contribution >= 0.6 is 15.9 Å². The summed E-state index contributed by atoms with van der Waals surface area (Å²) >= 11 is 3.60. The van der Waals surface area contributed by atoms with E-state index in [2.05, 4.69) is 26.1 Å². The average Bonchev–Trinajstić information content (AvgIpc) is 3.69. The van der Waals surface area contributed by atoms with Gasteiger partial charge in [0.15, 0.2) is 0 Å². The number of cyclic esters (lactones) is 1. The number of fused-ring (bicyclic) bond motifs is 2. The number of allylic oxidation sites excluding steroid dienone is 1. The summed E-state index contributed by atoms with van der Waals surface area (Å²) in [6.07, 6.45) is 4.94. The summed E-state index contributed by atoms with van der Waals surface area (Å²) < 4.78 is 18.9. The molecular formula is C35H45BrN4O8. The number of carbonyl (C=O) groups is 4. The maximum Gasteiger partial charge on any atom is 0.313 e. The average molecular weight is 730 g/mol. The molecule has 1 aromatic carbocycles. The van der Waals surface area contributed by atoms with Crippen molar-refractivity contribution in [3.63, 3.8) is 0 Å². The van der Waals surface area contributed by atoms with Gasteiger partial charge in [-0.05, 0) is 31.4 Å². The summed E-state index contributed by atoms with van der Waals surface area (Å²) in [7, 11) is 0. The number of esters is 1. The standard InChI is InChI=1S/C35H45BrN4O8/c1-3-24(21-41)40-31-33(44)39(15-14-38-16-18-46-19-17-38)13-9-5-8-12-26(42)37-22(2)29(23-10-6-4-7-11-23)47-34(45)27-28(32(40)43)35(31)20-25(36)30(27)48-35/h4-7,9-11,20,22,24,27-31,41H,3,8,12-19,21H2,1-2H3,(H,37,42)/b9-5-/t22-,24+,27+,28-,29+,30+,31+,35-/m1/s1. The SMILES string of the molecule is CC[C@@H](CO)N1C(=O)[C@H]2[C@@H]3C(=O)O[C@H](c4ccccc4)[C@@H](C)NC(=O)CC/C=C\CN(CCN4CCOCC4)C(=O)[C@H]1[C@@]21C=C(Br)[C@@H]3O1. The fourth-order valence-electron chi connectivity index (χ4n) is 7.81. The van der Waals surface area contributed by atoms with E-state index in [1.165, 1.54) is 4.90 Å². The highest BCUT2D eigenvalue weighted by molar-refractivity contribution is 9.11. The van der Waals surface area contributed by atoms with Crippen molar-refractivity contribution in [2.45, 2.75) is 69.0 Å². The van der Waals surface area contributed by atoms with Crippen LogP contribution in [0.2, 0.25) is 0 Å². The Kier molecular flexibility index (Phi) is 10.7. The number of nitrogens with one attached hydrogen (secondary N) is 1. The number of amides is 3. The Morgan fingerprint density at radius 2 is 1.79 bits per heavy atom. The van der Waals surface area contributed by atoms with E-state index >= 15 is 0 Å². The first-order chi connectivity index (χ1) is 23.2. The molecule has 5 bridgehead atoms. The van der Waals surface area contributed by atoms with Gasteiger partial charge in [0.2, 0.25) is 17.7 Å². The summed E-state index contributed by atoms with van der Waals surface area (Å²) in [5, 5.41) is 13.5. The normalized spacial score (nSPS) is 34.5. The number of likely N-dealkylation sites (tertiary alicyclic amines) is 1. The highest BCUT2D eigenvalue weighted by atomic mass is 79.9. The number of hydrogen-bond acceptors (Lipinski definition) is 9. The third kappa shape index (κ3) is 6.47. The molecule has 3 amide bonds. The molecular weight excluding hydrogens is 684 g/mol. The van der Waals surface area contributed by atoms with E-state index in [4.69, 9.17) is 14.2 Å². The third-order valence-electron chi connectivity index (χ3n) is 10.3. The Balaban J connectivity index is 1.41. The van der Waals surface area contributed by atoms with Crippen LogP contribution in [-0.2, 0) is 33.4 Å². The molecule has 0 aromatic heterocycles. The molecule has 3 fully saturated rings. The van der Waals surface area contributed by atoms with Crippen molar-refractivity contribution >= 4 is 39.6 Å². The van der Waals surface area contributed by atoms with Gasteiger partial charge in [-0.1, -0.05) is 65.3 Å². The van der Waals surface area contributed by atoms with Crippen LogP contribution in [-0.4, -0.2) is 126 Å². The molecule has 5 aliphatic heterocycles. The van der Waals surface area contributed by atoms with E-state index in [1.54, 1.807) is 17.9 Å². The van der Waals surface area contributed by atoms with Crippen LogP contribution in [0.25, 0.3) is 0 Å². The number of ether oxygens (including phenoxy) is 3. The fourth-order valence-corrected chi connectivity index (χ4v) is 8.54. The van der Waals surface area contributed by atoms with Crippen molar-refractivity contribution in [3.05, 3.63) is 58.6 Å². The largest absolute Gasteiger partial charge is 0.455 e. The summed E-state index contributed by atoms with van der Waals surface area (Å²) in [5.41, 5.74) is -0.750. The zero-order valence-electron chi connectivity index (χ0n) is 27.5. The van der Waals surface area contributed by atoms with Crippen LogP contribution < -0.4 is 5.32 Å². The lowest BCUT2D eigenvalue weighted by Crippen LogP contribution is -2.59. The lowest BCUT2D eigenvalue weighted by molar-refractivity contribution is -0.162. The summed E-state index contributed by atoms with van der Waals surface area (Å²) in [6.45, 7) is 7.29. The molecule has 48 heavy (non-hydrogen) atoms. The van der Waals surface area contributed by atoms with E-state index in [-0.39, 0.29) is 31.4 Å². The summed E-state index contributed by atoms with van der Waals surface area (Å²) in [4.78, 5) is 62.2. The topological polar surface area (TPSA) is 138 Å². The van der Waals surface area contributed by atoms with Gasteiger partial charge in [0, 0.05) is 43.6 Å². The van der Waals surface area contributed by atoms with Gasteiger partial charge in [-0.15, -0.1) is 0 Å². The first kappa shape index (κ1) is 34.8. The van der Waals surface area contributed by atoms with Crippen LogP contribution in [0.1, 0.15) is 44.8 Å². The smallest absolute Gasteiger partial charge is 0.313 e. The van der Waals surface area contributed by atoms with Crippen molar-refractivity contribution in [1.29, 1.82) is 0 Å². The Labute approximate surface area is 289 Å². The van der Waals surface area contributed by atoms with E-state index < -0.39 is 59.6 Å². The molecule has 1 aromatic rings. The number of aliphatic hydroxyl groups is 1. The number of aliphatic hydroxyl groups excluding tert-OH is 1. The zero-order valence-corrected chi connectivity index (χ0v) is 29.0. The Hall–Kier alpha value is -3.10. The fraction of sp³-hybridized carbons (Fsp3) is 0.600. The molecule has 260 valence electrons. The molecule has 1 spiro atoms. The monoisotopic (exact) mass is 728 g/mol. The van der Waals surface area contributed by atoms with E-state index in [0.717, 1.165) is 13.1 Å².